The number of anilines is 1. The van der Waals surface area contributed by atoms with Crippen molar-refractivity contribution in [2.24, 2.45) is 0 Å². The molecule has 1 fully saturated rings. The van der Waals surface area contributed by atoms with Gasteiger partial charge in [0.15, 0.2) is 0 Å². The highest BCUT2D eigenvalue weighted by molar-refractivity contribution is 6.03. The second-order valence-corrected chi connectivity index (χ2v) is 5.86. The first-order valence-electron chi connectivity index (χ1n) is 7.81. The Labute approximate surface area is 146 Å². The summed E-state index contributed by atoms with van der Waals surface area (Å²) >= 11 is 0. The van der Waals surface area contributed by atoms with Crippen LogP contribution in [0.3, 0.4) is 0 Å². The van der Waals surface area contributed by atoms with Crippen LogP contribution in [0.25, 0.3) is 0 Å². The summed E-state index contributed by atoms with van der Waals surface area (Å²) in [6, 6.07) is 8.38. The third-order valence-electron chi connectivity index (χ3n) is 4.12. The molecule has 4 nitrogen and oxygen atoms in total. The molecule has 0 bridgehead atoms. The van der Waals surface area contributed by atoms with Gasteiger partial charge in [-0.3, -0.25) is 9.59 Å². The van der Waals surface area contributed by atoms with E-state index in [1.165, 1.54) is 29.2 Å². The fourth-order valence-corrected chi connectivity index (χ4v) is 2.74. The van der Waals surface area contributed by atoms with Crippen LogP contribution in [0.1, 0.15) is 22.3 Å². The van der Waals surface area contributed by atoms with E-state index in [1.54, 1.807) is 0 Å². The van der Waals surface area contributed by atoms with Crippen molar-refractivity contribution in [3.05, 3.63) is 65.5 Å². The van der Waals surface area contributed by atoms with Gasteiger partial charge in [-0.15, -0.1) is 0 Å². The van der Waals surface area contributed by atoms with Gasteiger partial charge in [0.2, 0.25) is 5.91 Å². The van der Waals surface area contributed by atoms with Crippen LogP contribution in [0.4, 0.5) is 23.2 Å². The van der Waals surface area contributed by atoms with Gasteiger partial charge in [-0.2, -0.15) is 13.2 Å². The van der Waals surface area contributed by atoms with Gasteiger partial charge in [-0.05, 0) is 55.0 Å². The first-order valence-corrected chi connectivity index (χ1v) is 7.81. The van der Waals surface area contributed by atoms with E-state index in [0.29, 0.717) is 18.7 Å². The maximum atomic E-state index is 13.0. The second kappa shape index (κ2) is 6.78. The van der Waals surface area contributed by atoms with Crippen LogP contribution in [0, 0.1) is 5.82 Å². The van der Waals surface area contributed by atoms with E-state index in [2.05, 4.69) is 5.32 Å². The van der Waals surface area contributed by atoms with Crippen LogP contribution < -0.4 is 10.2 Å². The van der Waals surface area contributed by atoms with Crippen molar-refractivity contribution < 1.29 is 27.2 Å². The van der Waals surface area contributed by atoms with Crippen molar-refractivity contribution in [1.82, 2.24) is 5.32 Å². The zero-order valence-electron chi connectivity index (χ0n) is 13.4. The molecule has 1 N–H and O–H groups in total. The molecule has 1 heterocycles. The highest BCUT2D eigenvalue weighted by Gasteiger charge is 2.34. The summed E-state index contributed by atoms with van der Waals surface area (Å²) in [5.41, 5.74) is -0.304. The number of nitrogens with zero attached hydrogens (tertiary/aromatic N) is 1. The molecule has 1 saturated heterocycles. The van der Waals surface area contributed by atoms with Gasteiger partial charge in [-0.1, -0.05) is 0 Å². The molecule has 0 saturated carbocycles. The van der Waals surface area contributed by atoms with Crippen LogP contribution in [0.5, 0.6) is 0 Å². The SMILES string of the molecule is O=C(N[C@H]1CCN(c2ccc(F)cc2)C1=O)c1ccc(C(F)(F)F)cc1. The van der Waals surface area contributed by atoms with Crippen molar-refractivity contribution >= 4 is 17.5 Å². The Bertz CT molecular complexity index is 817. The molecule has 3 rings (SSSR count). The topological polar surface area (TPSA) is 49.4 Å². The first-order chi connectivity index (χ1) is 12.3. The van der Waals surface area contributed by atoms with E-state index in [4.69, 9.17) is 0 Å². The van der Waals surface area contributed by atoms with Gasteiger partial charge in [0.05, 0.1) is 5.56 Å². The number of rotatable bonds is 3. The maximum Gasteiger partial charge on any atom is 0.416 e. The van der Waals surface area contributed by atoms with Gasteiger partial charge in [-0.25, -0.2) is 4.39 Å². The van der Waals surface area contributed by atoms with Crippen molar-refractivity contribution in [2.75, 3.05) is 11.4 Å². The van der Waals surface area contributed by atoms with Crippen LogP contribution in [0.15, 0.2) is 48.5 Å². The predicted octanol–water partition coefficient (Wildman–Crippen LogP) is 3.38. The number of halogens is 4. The summed E-state index contributed by atoms with van der Waals surface area (Å²) in [7, 11) is 0. The quantitative estimate of drug-likeness (QED) is 0.847. The fraction of sp³-hybridized carbons (Fsp3) is 0.222. The Hall–Kier alpha value is -2.90. The minimum absolute atomic E-state index is 0.0334. The smallest absolute Gasteiger partial charge is 0.340 e. The summed E-state index contributed by atoms with van der Waals surface area (Å²) in [4.78, 5) is 26.0. The molecule has 0 aromatic heterocycles. The second-order valence-electron chi connectivity index (χ2n) is 5.86. The summed E-state index contributed by atoms with van der Waals surface area (Å²) in [6.07, 6.45) is -4.13. The van der Waals surface area contributed by atoms with Gasteiger partial charge in [0.1, 0.15) is 11.9 Å². The van der Waals surface area contributed by atoms with E-state index in [0.717, 1.165) is 24.3 Å². The molecule has 1 aliphatic rings. The number of carbonyl (C=O) groups is 2. The molecule has 1 atom stereocenters. The molecular formula is C18H14F4N2O2. The summed E-state index contributed by atoms with van der Waals surface area (Å²) in [6.45, 7) is 0.350. The predicted molar refractivity (Wildman–Crippen MR) is 86.1 cm³/mol. The van der Waals surface area contributed by atoms with Gasteiger partial charge in [0, 0.05) is 17.8 Å². The molecule has 0 spiro atoms. The van der Waals surface area contributed by atoms with Crippen molar-refractivity contribution in [1.29, 1.82) is 0 Å². The Balaban J connectivity index is 1.66. The van der Waals surface area contributed by atoms with Crippen LogP contribution in [0.2, 0.25) is 0 Å². The Morgan fingerprint density at radius 2 is 1.65 bits per heavy atom. The number of hydrogen-bond donors (Lipinski definition) is 1. The molecule has 1 aliphatic heterocycles. The number of alkyl halides is 3. The Morgan fingerprint density at radius 3 is 2.23 bits per heavy atom. The number of amides is 2. The Morgan fingerprint density at radius 1 is 1.04 bits per heavy atom. The van der Waals surface area contributed by atoms with Crippen LogP contribution >= 0.6 is 0 Å². The highest BCUT2D eigenvalue weighted by atomic mass is 19.4. The van der Waals surface area contributed by atoms with Crippen molar-refractivity contribution in [3.63, 3.8) is 0 Å². The summed E-state index contributed by atoms with van der Waals surface area (Å²) in [5, 5.41) is 2.53. The minimum atomic E-state index is -4.48. The van der Waals surface area contributed by atoms with E-state index in [9.17, 15) is 27.2 Å². The molecule has 0 aliphatic carbocycles. The number of hydrogen-bond acceptors (Lipinski definition) is 2. The van der Waals surface area contributed by atoms with Crippen molar-refractivity contribution in [3.8, 4) is 0 Å². The first kappa shape index (κ1) is 17.9. The largest absolute Gasteiger partial charge is 0.416 e. The van der Waals surface area contributed by atoms with E-state index < -0.39 is 29.5 Å². The number of benzene rings is 2. The normalized spacial score (nSPS) is 17.5. The average Bonchev–Trinajstić information content (AvgIpc) is 2.96. The number of carbonyl (C=O) groups excluding carboxylic acids is 2. The molecule has 2 aromatic carbocycles. The van der Waals surface area contributed by atoms with E-state index >= 15 is 0 Å². The lowest BCUT2D eigenvalue weighted by Crippen LogP contribution is -2.41. The minimum Gasteiger partial charge on any atom is -0.340 e. The van der Waals surface area contributed by atoms with E-state index in [1.807, 2.05) is 0 Å². The Kier molecular flexibility index (Phi) is 4.67. The van der Waals surface area contributed by atoms with Gasteiger partial charge >= 0.3 is 6.18 Å². The molecule has 26 heavy (non-hydrogen) atoms. The van der Waals surface area contributed by atoms with E-state index in [-0.39, 0.29) is 11.5 Å². The third-order valence-corrected chi connectivity index (χ3v) is 4.12. The third kappa shape index (κ3) is 3.68. The molecule has 2 amide bonds. The molecule has 0 unspecified atom stereocenters. The van der Waals surface area contributed by atoms with Gasteiger partial charge < -0.3 is 10.2 Å². The average molecular weight is 366 g/mol. The summed E-state index contributed by atoms with van der Waals surface area (Å²) < 4.78 is 50.6. The van der Waals surface area contributed by atoms with Gasteiger partial charge in [0.25, 0.3) is 5.91 Å². The zero-order chi connectivity index (χ0) is 18.9. The molecule has 2 aromatic rings. The monoisotopic (exact) mass is 366 g/mol. The lowest BCUT2D eigenvalue weighted by Gasteiger charge is -2.17. The maximum absolute atomic E-state index is 13.0. The lowest BCUT2D eigenvalue weighted by atomic mass is 10.1. The molecule has 0 radical (unpaired) electrons. The highest BCUT2D eigenvalue weighted by Crippen LogP contribution is 2.29. The summed E-state index contributed by atoms with van der Waals surface area (Å²) in [5.74, 6) is -1.40. The zero-order valence-corrected chi connectivity index (χ0v) is 13.4. The lowest BCUT2D eigenvalue weighted by molar-refractivity contribution is -0.137. The standard InChI is InChI=1S/C18H14F4N2O2/c19-13-5-7-14(8-6-13)24-10-9-15(17(24)26)23-16(25)11-1-3-12(4-2-11)18(20,21)22/h1-8,15H,9-10H2,(H,23,25)/t15-/m0/s1. The number of nitrogens with one attached hydrogen (secondary N) is 1. The molecule has 8 heteroatoms. The molecular weight excluding hydrogens is 352 g/mol. The van der Waals surface area contributed by atoms with Crippen LogP contribution in [-0.2, 0) is 11.0 Å². The fourth-order valence-electron chi connectivity index (χ4n) is 2.74. The molecule has 136 valence electrons. The van der Waals surface area contributed by atoms with Crippen LogP contribution in [-0.4, -0.2) is 24.4 Å². The van der Waals surface area contributed by atoms with Crippen molar-refractivity contribution in [2.45, 2.75) is 18.6 Å².